The number of aryl methyl sites for hydroxylation is 2. The molecule has 0 aliphatic carbocycles. The lowest BCUT2D eigenvalue weighted by atomic mass is 10.0. The van der Waals surface area contributed by atoms with Gasteiger partial charge in [-0.2, -0.15) is 0 Å². The van der Waals surface area contributed by atoms with Crippen LogP contribution in [-0.4, -0.2) is 32.3 Å². The Balaban J connectivity index is 1.85. The SMILES string of the molecule is Cn1cc(CN2CCCc3ccccc3C2=O)nn1. The highest BCUT2D eigenvalue weighted by molar-refractivity contribution is 5.96. The van der Waals surface area contributed by atoms with Crippen molar-refractivity contribution in [2.75, 3.05) is 6.54 Å². The van der Waals surface area contributed by atoms with Crippen LogP contribution >= 0.6 is 0 Å². The third kappa shape index (κ3) is 2.36. The van der Waals surface area contributed by atoms with Gasteiger partial charge in [0.05, 0.1) is 6.54 Å². The van der Waals surface area contributed by atoms with Crippen LogP contribution in [0.5, 0.6) is 0 Å². The van der Waals surface area contributed by atoms with E-state index >= 15 is 0 Å². The molecule has 1 aromatic carbocycles. The molecular weight excluding hydrogens is 240 g/mol. The molecule has 0 bridgehead atoms. The molecule has 2 aromatic rings. The van der Waals surface area contributed by atoms with E-state index in [-0.39, 0.29) is 5.91 Å². The maximum absolute atomic E-state index is 12.5. The van der Waals surface area contributed by atoms with Crippen LogP contribution in [0.25, 0.3) is 0 Å². The second-order valence-electron chi connectivity index (χ2n) is 4.87. The number of hydrogen-bond acceptors (Lipinski definition) is 3. The molecule has 3 rings (SSSR count). The lowest BCUT2D eigenvalue weighted by molar-refractivity contribution is 0.0746. The molecule has 0 saturated heterocycles. The zero-order valence-electron chi connectivity index (χ0n) is 10.9. The highest BCUT2D eigenvalue weighted by Crippen LogP contribution is 2.19. The molecule has 1 aliphatic heterocycles. The predicted octanol–water partition coefficient (Wildman–Crippen LogP) is 1.40. The lowest BCUT2D eigenvalue weighted by Crippen LogP contribution is -2.30. The fourth-order valence-electron chi connectivity index (χ4n) is 2.49. The van der Waals surface area contributed by atoms with Crippen molar-refractivity contribution in [1.29, 1.82) is 0 Å². The van der Waals surface area contributed by atoms with E-state index < -0.39 is 0 Å². The molecule has 5 nitrogen and oxygen atoms in total. The summed E-state index contributed by atoms with van der Waals surface area (Å²) in [6.07, 6.45) is 3.80. The molecule has 1 aliphatic rings. The second kappa shape index (κ2) is 4.84. The van der Waals surface area contributed by atoms with E-state index in [4.69, 9.17) is 0 Å². The van der Waals surface area contributed by atoms with E-state index in [9.17, 15) is 4.79 Å². The largest absolute Gasteiger partial charge is 0.333 e. The van der Waals surface area contributed by atoms with Gasteiger partial charge in [-0.3, -0.25) is 9.48 Å². The van der Waals surface area contributed by atoms with E-state index in [2.05, 4.69) is 10.3 Å². The molecule has 0 radical (unpaired) electrons. The van der Waals surface area contributed by atoms with Crippen molar-refractivity contribution in [2.45, 2.75) is 19.4 Å². The first-order valence-corrected chi connectivity index (χ1v) is 6.46. The summed E-state index contributed by atoms with van der Waals surface area (Å²) in [5.74, 6) is 0.0961. The molecule has 19 heavy (non-hydrogen) atoms. The molecule has 1 amide bonds. The maximum Gasteiger partial charge on any atom is 0.254 e. The molecule has 2 heterocycles. The fourth-order valence-corrected chi connectivity index (χ4v) is 2.49. The highest BCUT2D eigenvalue weighted by Gasteiger charge is 2.22. The molecule has 98 valence electrons. The molecule has 0 fully saturated rings. The summed E-state index contributed by atoms with van der Waals surface area (Å²) in [6, 6.07) is 7.86. The van der Waals surface area contributed by atoms with Crippen LogP contribution in [0.1, 0.15) is 28.0 Å². The van der Waals surface area contributed by atoms with Crippen LogP contribution in [0.3, 0.4) is 0 Å². The van der Waals surface area contributed by atoms with Crippen LogP contribution in [-0.2, 0) is 20.0 Å². The first kappa shape index (κ1) is 11.9. The molecule has 0 unspecified atom stereocenters. The van der Waals surface area contributed by atoms with E-state index in [1.54, 1.807) is 4.68 Å². The quantitative estimate of drug-likeness (QED) is 0.816. The van der Waals surface area contributed by atoms with Crippen molar-refractivity contribution in [2.24, 2.45) is 7.05 Å². The number of amides is 1. The number of fused-ring (bicyclic) bond motifs is 1. The first-order valence-electron chi connectivity index (χ1n) is 6.46. The third-order valence-corrected chi connectivity index (χ3v) is 3.41. The number of hydrogen-bond donors (Lipinski definition) is 0. The van der Waals surface area contributed by atoms with Crippen LogP contribution in [0.2, 0.25) is 0 Å². The van der Waals surface area contributed by atoms with Gasteiger partial charge in [-0.15, -0.1) is 5.10 Å². The number of carbonyl (C=O) groups excluding carboxylic acids is 1. The van der Waals surface area contributed by atoms with Crippen LogP contribution in [0.15, 0.2) is 30.5 Å². The summed E-state index contributed by atoms with van der Waals surface area (Å²) in [5.41, 5.74) is 2.80. The Morgan fingerprint density at radius 2 is 2.16 bits per heavy atom. The number of carbonyl (C=O) groups is 1. The van der Waals surface area contributed by atoms with Crippen molar-refractivity contribution < 1.29 is 4.79 Å². The predicted molar refractivity (Wildman–Crippen MR) is 70.5 cm³/mol. The Bertz CT molecular complexity index is 605. The first-order chi connectivity index (χ1) is 9.24. The van der Waals surface area contributed by atoms with E-state index in [0.29, 0.717) is 6.54 Å². The Hall–Kier alpha value is -2.17. The number of rotatable bonds is 2. The molecule has 0 saturated carbocycles. The van der Waals surface area contributed by atoms with E-state index in [1.807, 2.05) is 42.4 Å². The van der Waals surface area contributed by atoms with Crippen LogP contribution < -0.4 is 0 Å². The Morgan fingerprint density at radius 1 is 1.32 bits per heavy atom. The van der Waals surface area contributed by atoms with Gasteiger partial charge in [-0.1, -0.05) is 23.4 Å². The summed E-state index contributed by atoms with van der Waals surface area (Å²) in [4.78, 5) is 14.4. The summed E-state index contributed by atoms with van der Waals surface area (Å²) >= 11 is 0. The molecule has 0 N–H and O–H groups in total. The molecular formula is C14H16N4O. The Kier molecular flexibility index (Phi) is 3.03. The summed E-state index contributed by atoms with van der Waals surface area (Å²) in [5, 5.41) is 7.95. The number of aromatic nitrogens is 3. The van der Waals surface area contributed by atoms with Gasteiger partial charge in [-0.05, 0) is 24.5 Å². The minimum Gasteiger partial charge on any atom is -0.333 e. The lowest BCUT2D eigenvalue weighted by Gasteiger charge is -2.19. The number of benzene rings is 1. The van der Waals surface area contributed by atoms with Gasteiger partial charge in [0.1, 0.15) is 5.69 Å². The zero-order chi connectivity index (χ0) is 13.2. The van der Waals surface area contributed by atoms with Crippen molar-refractivity contribution in [3.63, 3.8) is 0 Å². The third-order valence-electron chi connectivity index (χ3n) is 3.41. The average Bonchev–Trinajstić information content (AvgIpc) is 2.75. The molecule has 0 atom stereocenters. The van der Waals surface area contributed by atoms with E-state index in [1.165, 1.54) is 0 Å². The Labute approximate surface area is 111 Å². The summed E-state index contributed by atoms with van der Waals surface area (Å²) in [6.45, 7) is 1.30. The normalized spacial score (nSPS) is 15.2. The topological polar surface area (TPSA) is 51.0 Å². The van der Waals surface area contributed by atoms with E-state index in [0.717, 1.165) is 36.2 Å². The average molecular weight is 256 g/mol. The van der Waals surface area contributed by atoms with Crippen LogP contribution in [0.4, 0.5) is 0 Å². The van der Waals surface area contributed by atoms with Gasteiger partial charge in [0, 0.05) is 25.4 Å². The van der Waals surface area contributed by atoms with Crippen molar-refractivity contribution in [1.82, 2.24) is 19.9 Å². The standard InChI is InChI=1S/C14H16N4O/c1-17-9-12(15-16-17)10-18-8-4-6-11-5-2-3-7-13(11)14(18)19/h2-3,5,7,9H,4,6,8,10H2,1H3. The Morgan fingerprint density at radius 3 is 2.95 bits per heavy atom. The summed E-state index contributed by atoms with van der Waals surface area (Å²) in [7, 11) is 1.83. The van der Waals surface area contributed by atoms with Gasteiger partial charge in [-0.25, -0.2) is 0 Å². The van der Waals surface area contributed by atoms with Gasteiger partial charge < -0.3 is 4.90 Å². The molecule has 5 heteroatoms. The van der Waals surface area contributed by atoms with Crippen LogP contribution in [0, 0.1) is 0 Å². The van der Waals surface area contributed by atoms with Crippen molar-refractivity contribution >= 4 is 5.91 Å². The van der Waals surface area contributed by atoms with Crippen molar-refractivity contribution in [3.05, 3.63) is 47.3 Å². The van der Waals surface area contributed by atoms with Gasteiger partial charge in [0.25, 0.3) is 5.91 Å². The molecule has 1 aromatic heterocycles. The smallest absolute Gasteiger partial charge is 0.254 e. The summed E-state index contributed by atoms with van der Waals surface area (Å²) < 4.78 is 1.66. The monoisotopic (exact) mass is 256 g/mol. The van der Waals surface area contributed by atoms with Gasteiger partial charge >= 0.3 is 0 Å². The zero-order valence-corrected chi connectivity index (χ0v) is 10.9. The fraction of sp³-hybridized carbons (Fsp3) is 0.357. The second-order valence-corrected chi connectivity index (χ2v) is 4.87. The molecule has 0 spiro atoms. The maximum atomic E-state index is 12.5. The highest BCUT2D eigenvalue weighted by atomic mass is 16.2. The van der Waals surface area contributed by atoms with Crippen molar-refractivity contribution in [3.8, 4) is 0 Å². The minimum absolute atomic E-state index is 0.0961. The van der Waals surface area contributed by atoms with Gasteiger partial charge in [0.15, 0.2) is 0 Å². The van der Waals surface area contributed by atoms with Gasteiger partial charge in [0.2, 0.25) is 0 Å². The minimum atomic E-state index is 0.0961. The number of nitrogens with zero attached hydrogens (tertiary/aromatic N) is 4.